The third-order valence-electron chi connectivity index (χ3n) is 6.49. The van der Waals surface area contributed by atoms with Crippen LogP contribution >= 0.6 is 0 Å². The van der Waals surface area contributed by atoms with Gasteiger partial charge >= 0.3 is 12.0 Å². The van der Waals surface area contributed by atoms with E-state index < -0.39 is 12.0 Å². The molecule has 2 heterocycles. The van der Waals surface area contributed by atoms with E-state index in [0.717, 1.165) is 31.9 Å². The number of nitrogens with one attached hydrogen (secondary N) is 2. The molecular formula is C27H32N4O5. The van der Waals surface area contributed by atoms with Gasteiger partial charge in [-0.05, 0) is 44.2 Å². The first-order chi connectivity index (χ1) is 17.4. The van der Waals surface area contributed by atoms with E-state index >= 15 is 0 Å². The van der Waals surface area contributed by atoms with Gasteiger partial charge in [0.1, 0.15) is 5.75 Å². The van der Waals surface area contributed by atoms with E-state index in [4.69, 9.17) is 9.47 Å². The Labute approximate surface area is 211 Å². The van der Waals surface area contributed by atoms with Gasteiger partial charge < -0.3 is 25.0 Å². The van der Waals surface area contributed by atoms with Crippen LogP contribution in [0.2, 0.25) is 0 Å². The van der Waals surface area contributed by atoms with Gasteiger partial charge in [-0.1, -0.05) is 18.2 Å². The Balaban J connectivity index is 1.54. The number of rotatable bonds is 8. The molecule has 2 aliphatic heterocycles. The number of carbonyl (C=O) groups excluding carboxylic acids is 3. The van der Waals surface area contributed by atoms with Gasteiger partial charge in [-0.2, -0.15) is 0 Å². The quantitative estimate of drug-likeness (QED) is 0.432. The lowest BCUT2D eigenvalue weighted by Gasteiger charge is -2.38. The molecule has 1 atom stereocenters. The van der Waals surface area contributed by atoms with Crippen molar-refractivity contribution >= 4 is 23.5 Å². The second-order valence-corrected chi connectivity index (χ2v) is 8.75. The number of Topliss-reactive ketones (excluding diaryl/α,β-unsaturated/α-hetero) is 1. The number of amides is 2. The lowest BCUT2D eigenvalue weighted by molar-refractivity contribution is -0.139. The van der Waals surface area contributed by atoms with Crippen LogP contribution in [0.4, 0.5) is 10.5 Å². The molecule has 0 aromatic heterocycles. The molecule has 9 heteroatoms. The van der Waals surface area contributed by atoms with E-state index in [0.29, 0.717) is 34.7 Å². The molecule has 0 bridgehead atoms. The highest BCUT2D eigenvalue weighted by Gasteiger charge is 2.36. The van der Waals surface area contributed by atoms with Crippen LogP contribution < -0.4 is 20.3 Å². The van der Waals surface area contributed by atoms with Crippen LogP contribution in [0.3, 0.4) is 0 Å². The van der Waals surface area contributed by atoms with Crippen LogP contribution in [0.5, 0.6) is 5.75 Å². The molecule has 0 spiro atoms. The molecule has 0 aliphatic carbocycles. The number of ether oxygens (including phenoxy) is 2. The predicted octanol–water partition coefficient (Wildman–Crippen LogP) is 2.89. The maximum absolute atomic E-state index is 13.1. The van der Waals surface area contributed by atoms with Crippen molar-refractivity contribution in [2.75, 3.05) is 51.3 Å². The van der Waals surface area contributed by atoms with E-state index in [1.165, 1.54) is 0 Å². The van der Waals surface area contributed by atoms with E-state index in [1.807, 2.05) is 42.5 Å². The van der Waals surface area contributed by atoms with Crippen LogP contribution in [0.15, 0.2) is 59.8 Å². The Hall–Kier alpha value is -3.85. The summed E-state index contributed by atoms with van der Waals surface area (Å²) in [5, 5.41) is 5.72. The average molecular weight is 493 g/mol. The van der Waals surface area contributed by atoms with Gasteiger partial charge in [-0.25, -0.2) is 9.59 Å². The van der Waals surface area contributed by atoms with Gasteiger partial charge in [0.15, 0.2) is 5.78 Å². The molecule has 36 heavy (non-hydrogen) atoms. The van der Waals surface area contributed by atoms with Gasteiger partial charge in [-0.15, -0.1) is 0 Å². The van der Waals surface area contributed by atoms with Crippen LogP contribution in [-0.2, 0) is 9.53 Å². The Morgan fingerprint density at radius 2 is 1.72 bits per heavy atom. The number of urea groups is 1. The van der Waals surface area contributed by atoms with Crippen LogP contribution in [0.25, 0.3) is 0 Å². The predicted molar refractivity (Wildman–Crippen MR) is 136 cm³/mol. The maximum Gasteiger partial charge on any atom is 0.338 e. The van der Waals surface area contributed by atoms with Crippen molar-refractivity contribution in [3.63, 3.8) is 0 Å². The fourth-order valence-electron chi connectivity index (χ4n) is 4.63. The number of ketones is 1. The molecule has 190 valence electrons. The van der Waals surface area contributed by atoms with Crippen LogP contribution in [-0.4, -0.2) is 69.1 Å². The van der Waals surface area contributed by atoms with Gasteiger partial charge in [0.05, 0.1) is 25.3 Å². The van der Waals surface area contributed by atoms with Crippen molar-refractivity contribution in [2.45, 2.75) is 19.9 Å². The van der Waals surface area contributed by atoms with Gasteiger partial charge in [0.2, 0.25) is 0 Å². The van der Waals surface area contributed by atoms with Crippen molar-refractivity contribution in [1.29, 1.82) is 0 Å². The summed E-state index contributed by atoms with van der Waals surface area (Å²) >= 11 is 0. The number of esters is 1. The Bertz CT molecular complexity index is 1150. The molecule has 2 N–H and O–H groups in total. The Morgan fingerprint density at radius 1 is 1.03 bits per heavy atom. The summed E-state index contributed by atoms with van der Waals surface area (Å²) in [5.41, 5.74) is 3.37. The van der Waals surface area contributed by atoms with Crippen molar-refractivity contribution in [1.82, 2.24) is 15.5 Å². The van der Waals surface area contributed by atoms with E-state index in [9.17, 15) is 14.4 Å². The average Bonchev–Trinajstić information content (AvgIpc) is 2.89. The number of benzene rings is 2. The molecule has 0 unspecified atom stereocenters. The molecule has 2 amide bonds. The lowest BCUT2D eigenvalue weighted by Crippen LogP contribution is -2.51. The van der Waals surface area contributed by atoms with E-state index in [-0.39, 0.29) is 18.4 Å². The molecule has 1 fully saturated rings. The zero-order valence-electron chi connectivity index (χ0n) is 20.9. The highest BCUT2D eigenvalue weighted by molar-refractivity contribution is 5.95. The molecular weight excluding hydrogens is 460 g/mol. The smallest absolute Gasteiger partial charge is 0.338 e. The fraction of sp³-hybridized carbons (Fsp3) is 0.370. The summed E-state index contributed by atoms with van der Waals surface area (Å²) < 4.78 is 10.9. The second kappa shape index (κ2) is 11.3. The summed E-state index contributed by atoms with van der Waals surface area (Å²) in [7, 11) is 1.56. The zero-order chi connectivity index (χ0) is 25.7. The summed E-state index contributed by atoms with van der Waals surface area (Å²) in [6, 6.07) is 13.9. The molecule has 2 aromatic rings. The highest BCUT2D eigenvalue weighted by Crippen LogP contribution is 2.33. The van der Waals surface area contributed by atoms with Crippen molar-refractivity contribution in [3.8, 4) is 5.75 Å². The van der Waals surface area contributed by atoms with Crippen molar-refractivity contribution in [3.05, 3.63) is 70.9 Å². The summed E-state index contributed by atoms with van der Waals surface area (Å²) in [4.78, 5) is 41.8. The zero-order valence-corrected chi connectivity index (χ0v) is 20.9. The van der Waals surface area contributed by atoms with Gasteiger partial charge in [0, 0.05) is 55.2 Å². The largest absolute Gasteiger partial charge is 0.496 e. The first kappa shape index (κ1) is 25.2. The first-order valence-electron chi connectivity index (χ1n) is 12.1. The van der Waals surface area contributed by atoms with Crippen LogP contribution in [0.1, 0.15) is 35.8 Å². The number of nitrogens with zero attached hydrogens (tertiary/aromatic N) is 2. The van der Waals surface area contributed by atoms with Gasteiger partial charge in [-0.3, -0.25) is 9.69 Å². The Morgan fingerprint density at radius 3 is 2.36 bits per heavy atom. The van der Waals surface area contributed by atoms with Gasteiger partial charge in [0.25, 0.3) is 0 Å². The molecule has 0 saturated carbocycles. The number of carbonyl (C=O) groups is 3. The van der Waals surface area contributed by atoms with Crippen molar-refractivity contribution < 1.29 is 23.9 Å². The van der Waals surface area contributed by atoms with Crippen LogP contribution in [0, 0.1) is 0 Å². The molecule has 4 rings (SSSR count). The third-order valence-corrected chi connectivity index (χ3v) is 6.49. The maximum atomic E-state index is 13.1. The fourth-order valence-corrected chi connectivity index (χ4v) is 4.63. The minimum atomic E-state index is -0.690. The molecule has 0 radical (unpaired) electrons. The number of hydrogen-bond donors (Lipinski definition) is 2. The summed E-state index contributed by atoms with van der Waals surface area (Å²) in [6.45, 7) is 7.01. The highest BCUT2D eigenvalue weighted by atomic mass is 16.5. The first-order valence-corrected chi connectivity index (χ1v) is 12.1. The monoisotopic (exact) mass is 492 g/mol. The Kier molecular flexibility index (Phi) is 7.90. The minimum Gasteiger partial charge on any atom is -0.496 e. The van der Waals surface area contributed by atoms with E-state index in [1.54, 1.807) is 27.0 Å². The molecule has 2 aromatic carbocycles. The second-order valence-electron chi connectivity index (χ2n) is 8.75. The number of anilines is 1. The number of hydrogen-bond acceptors (Lipinski definition) is 7. The third kappa shape index (κ3) is 5.52. The topological polar surface area (TPSA) is 100 Å². The van der Waals surface area contributed by atoms with E-state index in [2.05, 4.69) is 20.4 Å². The molecule has 2 aliphatic rings. The number of piperazine rings is 1. The minimum absolute atomic E-state index is 0.0486. The molecule has 9 nitrogen and oxygen atoms in total. The summed E-state index contributed by atoms with van der Waals surface area (Å²) in [5.74, 6) is 0.155. The normalized spacial score (nSPS) is 18.4. The van der Waals surface area contributed by atoms with Crippen molar-refractivity contribution in [2.24, 2.45) is 0 Å². The number of para-hydroxylation sites is 1. The summed E-state index contributed by atoms with van der Waals surface area (Å²) in [6.07, 6.45) is 0. The lowest BCUT2D eigenvalue weighted by atomic mass is 9.94. The SMILES string of the molecule is CCOC(=O)C1=C(CN2CCN(c3ccc(C(C)=O)cc3)CC2)NC(=O)N[C@H]1c1ccccc1OC. The number of methoxy groups -OCH3 is 1. The standard InChI is InChI=1S/C27H32N4O5/c1-4-36-26(33)24-22(28-27(34)29-25(24)21-7-5-6-8-23(21)35-3)17-30-13-15-31(16-14-30)20-11-9-19(10-12-20)18(2)32/h5-12,25H,4,13-17H2,1-3H3,(H2,28,29,34)/t25-/m0/s1. The molecule has 1 saturated heterocycles.